The Bertz CT molecular complexity index is 375. The summed E-state index contributed by atoms with van der Waals surface area (Å²) < 4.78 is 10.5. The van der Waals surface area contributed by atoms with Crippen LogP contribution in [0.1, 0.15) is 6.42 Å². The van der Waals surface area contributed by atoms with Crippen molar-refractivity contribution in [1.82, 2.24) is 10.6 Å². The third-order valence-corrected chi connectivity index (χ3v) is 2.35. The molecule has 0 spiro atoms. The van der Waals surface area contributed by atoms with Crippen molar-refractivity contribution in [1.29, 1.82) is 0 Å². The number of carbonyl (C=O) groups excluding carboxylic acids is 1. The molecule has 0 unspecified atom stereocenters. The van der Waals surface area contributed by atoms with Crippen LogP contribution in [0.4, 0.5) is 0 Å². The van der Waals surface area contributed by atoms with Gasteiger partial charge >= 0.3 is 0 Å². The average molecular weight is 289 g/mol. The van der Waals surface area contributed by atoms with Gasteiger partial charge in [0.25, 0.3) is 5.91 Å². The Balaban J connectivity index is 0.00000324. The van der Waals surface area contributed by atoms with Gasteiger partial charge in [0.05, 0.1) is 7.11 Å². The molecular weight excluding hydrogens is 268 g/mol. The Morgan fingerprint density at radius 2 is 1.89 bits per heavy atom. The van der Waals surface area contributed by atoms with E-state index in [0.717, 1.165) is 13.0 Å². The van der Waals surface area contributed by atoms with Crippen molar-refractivity contribution in [3.63, 3.8) is 0 Å². The second-order valence-corrected chi connectivity index (χ2v) is 3.75. The van der Waals surface area contributed by atoms with Crippen molar-refractivity contribution >= 4 is 18.3 Å². The largest absolute Gasteiger partial charge is 0.493 e. The first-order valence-corrected chi connectivity index (χ1v) is 5.95. The fourth-order valence-electron chi connectivity index (χ4n) is 1.43. The van der Waals surface area contributed by atoms with Crippen LogP contribution in [0.2, 0.25) is 0 Å². The number of halogens is 1. The van der Waals surface area contributed by atoms with Gasteiger partial charge in [-0.1, -0.05) is 12.1 Å². The minimum absolute atomic E-state index is 0. The summed E-state index contributed by atoms with van der Waals surface area (Å²) in [5, 5.41) is 5.80. The monoisotopic (exact) mass is 288 g/mol. The molecule has 19 heavy (non-hydrogen) atoms. The molecule has 0 fully saturated rings. The van der Waals surface area contributed by atoms with E-state index in [2.05, 4.69) is 10.6 Å². The summed E-state index contributed by atoms with van der Waals surface area (Å²) in [6.07, 6.45) is 0.900. The fourth-order valence-corrected chi connectivity index (χ4v) is 1.43. The lowest BCUT2D eigenvalue weighted by Gasteiger charge is -2.10. The highest BCUT2D eigenvalue weighted by molar-refractivity contribution is 5.85. The van der Waals surface area contributed by atoms with Crippen molar-refractivity contribution < 1.29 is 14.3 Å². The van der Waals surface area contributed by atoms with Gasteiger partial charge in [-0.05, 0) is 32.1 Å². The van der Waals surface area contributed by atoms with Gasteiger partial charge in [0.1, 0.15) is 0 Å². The van der Waals surface area contributed by atoms with E-state index in [-0.39, 0.29) is 24.9 Å². The summed E-state index contributed by atoms with van der Waals surface area (Å²) in [7, 11) is 3.45. The molecule has 108 valence electrons. The number of para-hydroxylation sites is 2. The molecule has 5 nitrogen and oxygen atoms in total. The number of ether oxygens (including phenoxy) is 2. The maximum absolute atomic E-state index is 11.5. The summed E-state index contributed by atoms with van der Waals surface area (Å²) in [4.78, 5) is 11.5. The lowest BCUT2D eigenvalue weighted by molar-refractivity contribution is -0.123. The number of methoxy groups -OCH3 is 1. The van der Waals surface area contributed by atoms with Crippen LogP contribution in [0.5, 0.6) is 11.5 Å². The molecule has 2 N–H and O–H groups in total. The predicted molar refractivity (Wildman–Crippen MR) is 77.3 cm³/mol. The van der Waals surface area contributed by atoms with E-state index in [4.69, 9.17) is 9.47 Å². The highest BCUT2D eigenvalue weighted by Gasteiger charge is 2.05. The molecule has 0 atom stereocenters. The Morgan fingerprint density at radius 3 is 2.53 bits per heavy atom. The molecular formula is C13H21ClN2O3. The second-order valence-electron chi connectivity index (χ2n) is 3.75. The van der Waals surface area contributed by atoms with Crippen molar-refractivity contribution in [2.24, 2.45) is 0 Å². The molecule has 0 aliphatic rings. The number of benzene rings is 1. The van der Waals surface area contributed by atoms with Crippen LogP contribution in [0.3, 0.4) is 0 Å². The van der Waals surface area contributed by atoms with E-state index in [9.17, 15) is 4.79 Å². The van der Waals surface area contributed by atoms with Crippen LogP contribution in [-0.4, -0.2) is 39.8 Å². The van der Waals surface area contributed by atoms with Crippen molar-refractivity contribution in [3.8, 4) is 11.5 Å². The minimum atomic E-state index is -0.128. The van der Waals surface area contributed by atoms with Crippen LogP contribution >= 0.6 is 12.4 Å². The first kappa shape index (κ1) is 17.5. The third-order valence-electron chi connectivity index (χ3n) is 2.35. The van der Waals surface area contributed by atoms with Crippen molar-refractivity contribution in [2.45, 2.75) is 6.42 Å². The lowest BCUT2D eigenvalue weighted by Crippen LogP contribution is -2.31. The van der Waals surface area contributed by atoms with Crippen molar-refractivity contribution in [3.05, 3.63) is 24.3 Å². The van der Waals surface area contributed by atoms with Gasteiger partial charge in [-0.15, -0.1) is 12.4 Å². The molecule has 0 aliphatic heterocycles. The molecule has 1 aromatic rings. The van der Waals surface area contributed by atoms with E-state index in [1.165, 1.54) is 0 Å². The summed E-state index contributed by atoms with van der Waals surface area (Å²) in [6.45, 7) is 1.53. The number of hydrogen-bond donors (Lipinski definition) is 2. The molecule has 1 amide bonds. The standard InChI is InChI=1S/C13H20N2O3.ClH/c1-14-8-5-9-15-13(16)10-18-12-7-4-3-6-11(12)17-2;/h3-4,6-7,14H,5,8-10H2,1-2H3,(H,15,16);1H. The summed E-state index contributed by atoms with van der Waals surface area (Å²) >= 11 is 0. The number of rotatable bonds is 8. The van der Waals surface area contributed by atoms with Crippen molar-refractivity contribution in [2.75, 3.05) is 33.9 Å². The number of amides is 1. The van der Waals surface area contributed by atoms with Gasteiger partial charge in [-0.3, -0.25) is 4.79 Å². The Labute approximate surface area is 120 Å². The lowest BCUT2D eigenvalue weighted by atomic mass is 10.3. The third kappa shape index (κ3) is 6.88. The number of carbonyl (C=O) groups is 1. The van der Waals surface area contributed by atoms with Crippen LogP contribution in [0.25, 0.3) is 0 Å². The minimum Gasteiger partial charge on any atom is -0.493 e. The van der Waals surface area contributed by atoms with E-state index in [1.54, 1.807) is 19.2 Å². The van der Waals surface area contributed by atoms with Gasteiger partial charge in [-0.2, -0.15) is 0 Å². The highest BCUT2D eigenvalue weighted by Crippen LogP contribution is 2.25. The van der Waals surface area contributed by atoms with Crippen LogP contribution in [0.15, 0.2) is 24.3 Å². The second kappa shape index (κ2) is 10.5. The SMILES string of the molecule is CNCCCNC(=O)COc1ccccc1OC.Cl. The topological polar surface area (TPSA) is 59.6 Å². The molecule has 0 saturated carbocycles. The first-order valence-electron chi connectivity index (χ1n) is 5.95. The highest BCUT2D eigenvalue weighted by atomic mass is 35.5. The van der Waals surface area contributed by atoms with Crippen LogP contribution in [-0.2, 0) is 4.79 Å². The van der Waals surface area contributed by atoms with Crippen LogP contribution < -0.4 is 20.1 Å². The normalized spacial score (nSPS) is 9.37. The van der Waals surface area contributed by atoms with E-state index < -0.39 is 0 Å². The molecule has 6 heteroatoms. The van der Waals surface area contributed by atoms with Crippen LogP contribution in [0, 0.1) is 0 Å². The Morgan fingerprint density at radius 1 is 1.21 bits per heavy atom. The summed E-state index contributed by atoms with van der Waals surface area (Å²) in [5.41, 5.74) is 0. The summed E-state index contributed by atoms with van der Waals surface area (Å²) in [5.74, 6) is 1.07. The molecule has 0 aliphatic carbocycles. The zero-order valence-electron chi connectivity index (χ0n) is 11.3. The van der Waals surface area contributed by atoms with Gasteiger partial charge in [-0.25, -0.2) is 0 Å². The molecule has 0 heterocycles. The molecule has 1 rings (SSSR count). The number of nitrogens with one attached hydrogen (secondary N) is 2. The van der Waals surface area contributed by atoms with Gasteiger partial charge < -0.3 is 20.1 Å². The molecule has 0 radical (unpaired) electrons. The molecule has 0 bridgehead atoms. The quantitative estimate of drug-likeness (QED) is 0.706. The van der Waals surface area contributed by atoms with Gasteiger partial charge in [0.2, 0.25) is 0 Å². The number of hydrogen-bond acceptors (Lipinski definition) is 4. The van der Waals surface area contributed by atoms with Gasteiger partial charge in [0.15, 0.2) is 18.1 Å². The molecule has 0 aromatic heterocycles. The maximum atomic E-state index is 11.5. The fraction of sp³-hybridized carbons (Fsp3) is 0.462. The predicted octanol–water partition coefficient (Wildman–Crippen LogP) is 1.22. The smallest absolute Gasteiger partial charge is 0.257 e. The zero-order chi connectivity index (χ0) is 13.2. The average Bonchev–Trinajstić information content (AvgIpc) is 2.41. The van der Waals surface area contributed by atoms with Gasteiger partial charge in [0, 0.05) is 6.54 Å². The van der Waals surface area contributed by atoms with E-state index in [0.29, 0.717) is 18.0 Å². The zero-order valence-corrected chi connectivity index (χ0v) is 12.1. The van der Waals surface area contributed by atoms with E-state index >= 15 is 0 Å². The Hall–Kier alpha value is -1.46. The molecule has 0 saturated heterocycles. The summed E-state index contributed by atoms with van der Waals surface area (Å²) in [6, 6.07) is 7.25. The first-order chi connectivity index (χ1) is 8.77. The molecule has 1 aromatic carbocycles. The van der Waals surface area contributed by atoms with E-state index in [1.807, 2.05) is 19.2 Å². The maximum Gasteiger partial charge on any atom is 0.257 e. The Kier molecular flexibility index (Phi) is 9.66.